The van der Waals surface area contributed by atoms with Gasteiger partial charge in [0, 0.05) is 23.7 Å². The molecule has 3 aromatic rings. The van der Waals surface area contributed by atoms with Gasteiger partial charge in [-0.1, -0.05) is 13.8 Å². The summed E-state index contributed by atoms with van der Waals surface area (Å²) < 4.78 is 6.39. The highest BCUT2D eigenvalue weighted by Crippen LogP contribution is 2.24. The molecular weight excluding hydrogens is 326 g/mol. The average Bonchev–Trinajstić information content (AvgIpc) is 2.98. The third kappa shape index (κ3) is 3.68. The van der Waals surface area contributed by atoms with Crippen LogP contribution in [0, 0.1) is 5.21 Å². The summed E-state index contributed by atoms with van der Waals surface area (Å²) in [6, 6.07) is 10.4. The van der Waals surface area contributed by atoms with Gasteiger partial charge in [-0.2, -0.15) is 4.73 Å². The molecule has 0 unspecified atom stereocenters. The van der Waals surface area contributed by atoms with Crippen LogP contribution in [0.2, 0.25) is 0 Å². The summed E-state index contributed by atoms with van der Waals surface area (Å²) in [7, 11) is 0. The van der Waals surface area contributed by atoms with Crippen molar-refractivity contribution in [2.45, 2.75) is 24.8 Å². The van der Waals surface area contributed by atoms with E-state index in [-0.39, 0.29) is 17.6 Å². The van der Waals surface area contributed by atoms with Gasteiger partial charge in [-0.3, -0.25) is 4.79 Å². The minimum atomic E-state index is -0.184. The number of amides is 1. The van der Waals surface area contributed by atoms with Gasteiger partial charge in [-0.15, -0.1) is 0 Å². The Bertz CT molecular complexity index is 876. The maximum Gasteiger partial charge on any atom is 0.251 e. The lowest BCUT2D eigenvalue weighted by Gasteiger charge is -2.05. The first-order valence-electron chi connectivity index (χ1n) is 7.54. The molecule has 1 N–H and O–H groups in total. The topological polar surface area (TPSA) is 82.1 Å². The summed E-state index contributed by atoms with van der Waals surface area (Å²) in [5, 5.41) is 14.8. The van der Waals surface area contributed by atoms with Gasteiger partial charge in [0.1, 0.15) is 5.52 Å². The van der Waals surface area contributed by atoms with Gasteiger partial charge in [0.15, 0.2) is 17.7 Å². The van der Waals surface area contributed by atoms with Gasteiger partial charge in [-0.25, -0.2) is 4.98 Å². The lowest BCUT2D eigenvalue weighted by Crippen LogP contribution is -2.28. The molecule has 0 spiro atoms. The number of hydrogen-bond donors (Lipinski definition) is 1. The van der Waals surface area contributed by atoms with E-state index in [0.717, 1.165) is 4.73 Å². The van der Waals surface area contributed by atoms with Crippen LogP contribution in [0.5, 0.6) is 0 Å². The lowest BCUT2D eigenvalue weighted by molar-refractivity contribution is -0.645. The first-order chi connectivity index (χ1) is 11.5. The summed E-state index contributed by atoms with van der Waals surface area (Å²) in [5.41, 5.74) is 2.06. The lowest BCUT2D eigenvalue weighted by atomic mass is 10.2. The highest BCUT2D eigenvalue weighted by atomic mass is 32.2. The molecule has 0 bridgehead atoms. The summed E-state index contributed by atoms with van der Waals surface area (Å²) in [6.45, 7) is 4.02. The third-order valence-corrected chi connectivity index (χ3v) is 4.34. The molecule has 0 aliphatic carbocycles. The number of aromatic nitrogens is 2. The Morgan fingerprint density at radius 2 is 2.21 bits per heavy atom. The Balaban J connectivity index is 1.65. The maximum atomic E-state index is 12.1. The van der Waals surface area contributed by atoms with Crippen LogP contribution >= 0.6 is 11.8 Å². The minimum Gasteiger partial charge on any atom is -0.618 e. The number of thioether (sulfide) groups is 1. The molecule has 0 radical (unpaired) electrons. The molecule has 0 fully saturated rings. The van der Waals surface area contributed by atoms with Crippen LogP contribution in [0.4, 0.5) is 5.69 Å². The van der Waals surface area contributed by atoms with Crippen LogP contribution in [0.1, 0.15) is 25.7 Å². The molecule has 0 atom stereocenters. The molecule has 0 aliphatic heterocycles. The fourth-order valence-corrected chi connectivity index (χ4v) is 2.84. The number of carbonyl (C=O) groups is 1. The number of pyridine rings is 1. The van der Waals surface area contributed by atoms with Gasteiger partial charge in [0.05, 0.1) is 5.75 Å². The zero-order valence-electron chi connectivity index (χ0n) is 13.4. The first kappa shape index (κ1) is 16.3. The Kier molecular flexibility index (Phi) is 4.71. The Morgan fingerprint density at radius 3 is 2.96 bits per heavy atom. The number of hydrogen-bond acceptors (Lipinski definition) is 5. The molecular formula is C17H17N3O3S. The average molecular weight is 343 g/mol. The van der Waals surface area contributed by atoms with Crippen LogP contribution in [0.15, 0.2) is 52.0 Å². The molecule has 2 aromatic heterocycles. The highest BCUT2D eigenvalue weighted by Gasteiger charge is 2.12. The number of nitrogens with zero attached hydrogens (tertiary/aromatic N) is 2. The van der Waals surface area contributed by atoms with E-state index >= 15 is 0 Å². The summed E-state index contributed by atoms with van der Waals surface area (Å²) in [4.78, 5) is 16.5. The first-order valence-corrected chi connectivity index (χ1v) is 8.53. The van der Waals surface area contributed by atoms with E-state index in [0.29, 0.717) is 27.7 Å². The predicted molar refractivity (Wildman–Crippen MR) is 92.9 cm³/mol. The highest BCUT2D eigenvalue weighted by molar-refractivity contribution is 7.99. The van der Waals surface area contributed by atoms with Crippen molar-refractivity contribution in [3.05, 3.63) is 53.7 Å². The van der Waals surface area contributed by atoms with E-state index in [9.17, 15) is 10.0 Å². The van der Waals surface area contributed by atoms with E-state index in [1.54, 1.807) is 36.4 Å². The second-order valence-electron chi connectivity index (χ2n) is 5.59. The van der Waals surface area contributed by atoms with E-state index in [2.05, 4.69) is 10.3 Å². The standard InChI is InChI=1S/C17H17N3O3S/c1-11(2)17-19-13-9-12(6-7-14(13)23-17)18-15(21)10-24-16-5-3-4-8-20(16)22/h3-9,11H,10H2,1-2H3,(H,18,21). The van der Waals surface area contributed by atoms with E-state index < -0.39 is 0 Å². The van der Waals surface area contributed by atoms with Gasteiger partial charge in [0.25, 0.3) is 5.03 Å². The van der Waals surface area contributed by atoms with Crippen LogP contribution < -0.4 is 10.0 Å². The molecule has 7 heteroatoms. The van der Waals surface area contributed by atoms with E-state index in [4.69, 9.17) is 4.42 Å². The molecule has 1 aromatic carbocycles. The number of rotatable bonds is 5. The SMILES string of the molecule is CC(C)c1nc2cc(NC(=O)CSc3cccc[n+]3[O-])ccc2o1. The quantitative estimate of drug-likeness (QED) is 0.436. The Hall–Kier alpha value is -2.54. The van der Waals surface area contributed by atoms with Crippen LogP contribution in [-0.2, 0) is 4.79 Å². The molecule has 1 amide bonds. The zero-order chi connectivity index (χ0) is 17.1. The molecule has 0 saturated heterocycles. The van der Waals surface area contributed by atoms with Crippen molar-refractivity contribution in [1.29, 1.82) is 0 Å². The fraction of sp³-hybridized carbons (Fsp3) is 0.235. The smallest absolute Gasteiger partial charge is 0.251 e. The minimum absolute atomic E-state index is 0.153. The summed E-state index contributed by atoms with van der Waals surface area (Å²) in [6.07, 6.45) is 1.41. The summed E-state index contributed by atoms with van der Waals surface area (Å²) >= 11 is 1.19. The molecule has 3 rings (SSSR count). The van der Waals surface area contributed by atoms with Gasteiger partial charge >= 0.3 is 0 Å². The van der Waals surface area contributed by atoms with Crippen molar-refractivity contribution >= 4 is 34.5 Å². The van der Waals surface area contributed by atoms with Crippen molar-refractivity contribution in [2.24, 2.45) is 0 Å². The van der Waals surface area contributed by atoms with Crippen molar-refractivity contribution in [3.63, 3.8) is 0 Å². The van der Waals surface area contributed by atoms with Gasteiger partial charge in [-0.05, 0) is 36.0 Å². The number of nitrogens with one attached hydrogen (secondary N) is 1. The normalized spacial score (nSPS) is 11.1. The van der Waals surface area contributed by atoms with Crippen molar-refractivity contribution in [2.75, 3.05) is 11.1 Å². The van der Waals surface area contributed by atoms with E-state index in [1.807, 2.05) is 13.8 Å². The Morgan fingerprint density at radius 1 is 1.38 bits per heavy atom. The van der Waals surface area contributed by atoms with Crippen molar-refractivity contribution in [3.8, 4) is 0 Å². The van der Waals surface area contributed by atoms with Crippen LogP contribution in [0.3, 0.4) is 0 Å². The van der Waals surface area contributed by atoms with Gasteiger partial charge < -0.3 is 14.9 Å². The molecule has 0 saturated carbocycles. The third-order valence-electron chi connectivity index (χ3n) is 3.32. The van der Waals surface area contributed by atoms with Gasteiger partial charge in [0.2, 0.25) is 5.91 Å². The zero-order valence-corrected chi connectivity index (χ0v) is 14.2. The number of fused-ring (bicyclic) bond motifs is 1. The van der Waals surface area contributed by atoms with E-state index in [1.165, 1.54) is 18.0 Å². The molecule has 24 heavy (non-hydrogen) atoms. The molecule has 0 aliphatic rings. The monoisotopic (exact) mass is 343 g/mol. The molecule has 124 valence electrons. The predicted octanol–water partition coefficient (Wildman–Crippen LogP) is 3.32. The number of benzene rings is 1. The summed E-state index contributed by atoms with van der Waals surface area (Å²) in [5.74, 6) is 0.848. The van der Waals surface area contributed by atoms with Crippen molar-refractivity contribution < 1.29 is 13.9 Å². The maximum absolute atomic E-state index is 12.1. The number of carbonyl (C=O) groups excluding carboxylic acids is 1. The van der Waals surface area contributed by atoms with Crippen LogP contribution in [-0.4, -0.2) is 16.6 Å². The largest absolute Gasteiger partial charge is 0.618 e. The molecule has 6 nitrogen and oxygen atoms in total. The second-order valence-corrected chi connectivity index (χ2v) is 6.59. The molecule has 2 heterocycles. The van der Waals surface area contributed by atoms with Crippen LogP contribution in [0.25, 0.3) is 11.1 Å². The second kappa shape index (κ2) is 6.92. The Labute approximate surface area is 143 Å². The fourth-order valence-electron chi connectivity index (χ4n) is 2.13. The number of anilines is 1. The number of oxazole rings is 1. The van der Waals surface area contributed by atoms with Crippen molar-refractivity contribution in [1.82, 2.24) is 4.98 Å².